The highest BCUT2D eigenvalue weighted by atomic mass is 32.2. The first-order chi connectivity index (χ1) is 9.84. The van der Waals surface area contributed by atoms with Gasteiger partial charge in [0.05, 0.1) is 12.0 Å². The molecule has 2 heterocycles. The summed E-state index contributed by atoms with van der Waals surface area (Å²) in [5.41, 5.74) is 5.81. The molecule has 0 bridgehead atoms. The third-order valence-corrected chi connectivity index (χ3v) is 4.42. The Balaban J connectivity index is 2.13. The van der Waals surface area contributed by atoms with Crippen LogP contribution >= 0.6 is 11.8 Å². The fourth-order valence-electron chi connectivity index (χ4n) is 2.65. The van der Waals surface area contributed by atoms with Gasteiger partial charge in [-0.15, -0.1) is 0 Å². The number of carbonyl (C=O) groups excluding carboxylic acids is 2. The molecule has 0 aromatic heterocycles. The second-order valence-corrected chi connectivity index (χ2v) is 6.06. The van der Waals surface area contributed by atoms with Crippen LogP contribution in [0.3, 0.4) is 0 Å². The van der Waals surface area contributed by atoms with Crippen molar-refractivity contribution in [3.05, 3.63) is 22.2 Å². The maximum Gasteiger partial charge on any atom is 0.353 e. The van der Waals surface area contributed by atoms with E-state index in [1.165, 1.54) is 29.8 Å². The number of hydrogen-bond acceptors (Lipinski definition) is 5. The van der Waals surface area contributed by atoms with Crippen molar-refractivity contribution >= 4 is 29.5 Å². The summed E-state index contributed by atoms with van der Waals surface area (Å²) < 4.78 is 0. The first-order valence-electron chi connectivity index (χ1n) is 6.48. The molecular formula is C13H17N3O4S. The smallest absolute Gasteiger partial charge is 0.353 e. The van der Waals surface area contributed by atoms with Crippen LogP contribution in [0.4, 0.5) is 0 Å². The standard InChI is InChI=1S/C13H17N3O4S/c1-6(14)10-8-5-9(21-4-3-15-7(2)17)11(13(19)20)16(8)12(10)18/h3-4,6,8,10H,5,14H2,1-2H3,(H,15,17)(H,19,20)/t6-,8-,10+/m1/s1. The van der Waals surface area contributed by atoms with Gasteiger partial charge in [0.25, 0.3) is 0 Å². The van der Waals surface area contributed by atoms with Crippen LogP contribution in [0.25, 0.3) is 0 Å². The van der Waals surface area contributed by atoms with Crippen molar-refractivity contribution in [2.75, 3.05) is 0 Å². The van der Waals surface area contributed by atoms with Gasteiger partial charge < -0.3 is 21.1 Å². The number of hydrogen-bond donors (Lipinski definition) is 3. The van der Waals surface area contributed by atoms with Gasteiger partial charge in [-0.2, -0.15) is 0 Å². The Bertz CT molecular complexity index is 556. The Morgan fingerprint density at radius 2 is 2.24 bits per heavy atom. The van der Waals surface area contributed by atoms with Crippen LogP contribution in [0.2, 0.25) is 0 Å². The van der Waals surface area contributed by atoms with Crippen molar-refractivity contribution in [3.8, 4) is 0 Å². The van der Waals surface area contributed by atoms with Gasteiger partial charge >= 0.3 is 5.97 Å². The molecule has 2 rings (SSSR count). The van der Waals surface area contributed by atoms with Crippen molar-refractivity contribution in [2.24, 2.45) is 11.7 Å². The van der Waals surface area contributed by atoms with Gasteiger partial charge in [0, 0.05) is 30.5 Å². The summed E-state index contributed by atoms with van der Waals surface area (Å²) in [6.07, 6.45) is 1.93. The minimum atomic E-state index is -1.12. The molecule has 0 aromatic carbocycles. The SMILES string of the molecule is CC(=O)NC=CSC1=C(C(=O)O)N2C(=O)[C@@H]([C@@H](C)N)[C@H]2C1. The summed E-state index contributed by atoms with van der Waals surface area (Å²) in [4.78, 5) is 36.1. The number of thioether (sulfide) groups is 1. The molecule has 114 valence electrons. The van der Waals surface area contributed by atoms with E-state index in [9.17, 15) is 19.5 Å². The molecule has 2 aliphatic rings. The molecule has 21 heavy (non-hydrogen) atoms. The van der Waals surface area contributed by atoms with Crippen molar-refractivity contribution < 1.29 is 19.5 Å². The van der Waals surface area contributed by atoms with Crippen LogP contribution in [0, 0.1) is 5.92 Å². The van der Waals surface area contributed by atoms with E-state index in [0.717, 1.165) is 0 Å². The predicted octanol–water partition coefficient (Wildman–Crippen LogP) is 0.201. The summed E-state index contributed by atoms with van der Waals surface area (Å²) in [6, 6.07) is -0.465. The number of carbonyl (C=O) groups is 3. The van der Waals surface area contributed by atoms with Crippen molar-refractivity contribution in [1.29, 1.82) is 0 Å². The van der Waals surface area contributed by atoms with E-state index in [-0.39, 0.29) is 35.5 Å². The zero-order valence-electron chi connectivity index (χ0n) is 11.7. The lowest BCUT2D eigenvalue weighted by Crippen LogP contribution is -2.63. The van der Waals surface area contributed by atoms with Crippen molar-refractivity contribution in [1.82, 2.24) is 10.2 Å². The second kappa shape index (κ2) is 5.90. The fourth-order valence-corrected chi connectivity index (χ4v) is 3.52. The average molecular weight is 311 g/mol. The first kappa shape index (κ1) is 15.6. The highest BCUT2D eigenvalue weighted by Crippen LogP contribution is 2.46. The maximum atomic E-state index is 12.0. The monoisotopic (exact) mass is 311 g/mol. The third-order valence-electron chi connectivity index (χ3n) is 3.50. The van der Waals surface area contributed by atoms with Crippen LogP contribution in [0.5, 0.6) is 0 Å². The van der Waals surface area contributed by atoms with E-state index in [0.29, 0.717) is 11.3 Å². The molecule has 2 amide bonds. The average Bonchev–Trinajstić information content (AvgIpc) is 2.68. The molecular weight excluding hydrogens is 294 g/mol. The van der Waals surface area contributed by atoms with Crippen molar-refractivity contribution in [2.45, 2.75) is 32.4 Å². The van der Waals surface area contributed by atoms with Gasteiger partial charge in [0.1, 0.15) is 5.70 Å². The van der Waals surface area contributed by atoms with Crippen LogP contribution in [0.15, 0.2) is 22.2 Å². The van der Waals surface area contributed by atoms with E-state index in [1.807, 2.05) is 0 Å². The number of carboxylic acid groups (broad SMARTS) is 1. The molecule has 1 saturated heterocycles. The predicted molar refractivity (Wildman–Crippen MR) is 77.6 cm³/mol. The number of rotatable bonds is 5. The van der Waals surface area contributed by atoms with Crippen LogP contribution < -0.4 is 11.1 Å². The molecule has 4 N–H and O–H groups in total. The van der Waals surface area contributed by atoms with E-state index in [4.69, 9.17) is 5.73 Å². The summed E-state index contributed by atoms with van der Waals surface area (Å²) in [5.74, 6) is -1.88. The molecule has 7 nitrogen and oxygen atoms in total. The van der Waals surface area contributed by atoms with E-state index in [1.54, 1.807) is 12.3 Å². The second-order valence-electron chi connectivity index (χ2n) is 5.06. The largest absolute Gasteiger partial charge is 0.477 e. The lowest BCUT2D eigenvalue weighted by atomic mass is 9.82. The maximum absolute atomic E-state index is 12.0. The summed E-state index contributed by atoms with van der Waals surface area (Å²) >= 11 is 1.19. The van der Waals surface area contributed by atoms with Gasteiger partial charge in [-0.25, -0.2) is 4.79 Å². The Kier molecular flexibility index (Phi) is 4.38. The Hall–Kier alpha value is -1.80. The number of carboxylic acids is 1. The van der Waals surface area contributed by atoms with Crippen LogP contribution in [-0.2, 0) is 14.4 Å². The van der Waals surface area contributed by atoms with Gasteiger partial charge in [-0.05, 0) is 12.3 Å². The molecule has 0 saturated carbocycles. The molecule has 0 unspecified atom stereocenters. The Morgan fingerprint density at radius 1 is 1.57 bits per heavy atom. The number of β-lactam (4-membered cyclic amide) rings is 1. The zero-order valence-corrected chi connectivity index (χ0v) is 12.5. The molecule has 3 atom stereocenters. The topological polar surface area (TPSA) is 113 Å². The van der Waals surface area contributed by atoms with Gasteiger partial charge in [0.15, 0.2) is 0 Å². The molecule has 1 fully saturated rings. The molecule has 0 radical (unpaired) electrons. The Labute approximate surface area is 126 Å². The number of amides is 2. The molecule has 8 heteroatoms. The molecule has 0 spiro atoms. The number of nitrogens with two attached hydrogens (primary N) is 1. The summed E-state index contributed by atoms with van der Waals surface area (Å²) in [6.45, 7) is 3.13. The quantitative estimate of drug-likeness (QED) is 0.625. The highest BCUT2D eigenvalue weighted by Gasteiger charge is 2.56. The van der Waals surface area contributed by atoms with E-state index >= 15 is 0 Å². The minimum Gasteiger partial charge on any atom is -0.477 e. The van der Waals surface area contributed by atoms with Crippen LogP contribution in [0.1, 0.15) is 20.3 Å². The Morgan fingerprint density at radius 3 is 2.76 bits per heavy atom. The zero-order chi connectivity index (χ0) is 15.7. The van der Waals surface area contributed by atoms with Gasteiger partial charge in [-0.3, -0.25) is 9.59 Å². The molecule has 2 aliphatic heterocycles. The number of aliphatic carboxylic acids is 1. The molecule has 0 aromatic rings. The van der Waals surface area contributed by atoms with Crippen molar-refractivity contribution in [3.63, 3.8) is 0 Å². The number of nitrogens with zero attached hydrogens (tertiary/aromatic N) is 1. The number of fused-ring (bicyclic) bond motifs is 1. The van der Waals surface area contributed by atoms with E-state index in [2.05, 4.69) is 5.32 Å². The minimum absolute atomic E-state index is 0.0272. The van der Waals surface area contributed by atoms with Crippen LogP contribution in [-0.4, -0.2) is 39.9 Å². The highest BCUT2D eigenvalue weighted by molar-refractivity contribution is 8.05. The molecule has 0 aliphatic carbocycles. The lowest BCUT2D eigenvalue weighted by molar-refractivity contribution is -0.155. The lowest BCUT2D eigenvalue weighted by Gasteiger charge is -2.45. The van der Waals surface area contributed by atoms with E-state index < -0.39 is 5.97 Å². The van der Waals surface area contributed by atoms with Gasteiger partial charge in [-0.1, -0.05) is 11.8 Å². The number of nitrogens with one attached hydrogen (secondary N) is 1. The fraction of sp³-hybridized carbons (Fsp3) is 0.462. The van der Waals surface area contributed by atoms with Gasteiger partial charge in [0.2, 0.25) is 11.8 Å². The summed E-state index contributed by atoms with van der Waals surface area (Å²) in [7, 11) is 0. The third kappa shape index (κ3) is 2.81. The normalized spacial score (nSPS) is 25.9. The first-order valence-corrected chi connectivity index (χ1v) is 7.36. The summed E-state index contributed by atoms with van der Waals surface area (Å²) in [5, 5.41) is 13.4.